The third-order valence-electron chi connectivity index (χ3n) is 3.66. The smallest absolute Gasteiger partial charge is 0.306 e. The highest BCUT2D eigenvalue weighted by Gasteiger charge is 2.18. The molecule has 0 radical (unpaired) electrons. The van der Waals surface area contributed by atoms with Crippen LogP contribution in [0, 0.1) is 0 Å². The van der Waals surface area contributed by atoms with E-state index in [0.717, 1.165) is 22.0 Å². The first-order valence-corrected chi connectivity index (χ1v) is 9.14. The number of carbonyl (C=O) groups excluding carboxylic acids is 1. The Hall–Kier alpha value is -1.78. The largest absolute Gasteiger partial charge is 0.460 e. The molecule has 0 atom stereocenters. The Balaban J connectivity index is 1.82. The number of fused-ring (bicyclic) bond motifs is 1. The van der Waals surface area contributed by atoms with Crippen LogP contribution in [0.3, 0.4) is 0 Å². The number of benzene rings is 1. The molecular weight excluding hydrogens is 342 g/mol. The number of hydrogen-bond acceptors (Lipinski definition) is 3. The fourth-order valence-corrected chi connectivity index (χ4v) is 3.76. The van der Waals surface area contributed by atoms with E-state index in [2.05, 4.69) is 16.4 Å². The van der Waals surface area contributed by atoms with E-state index >= 15 is 0 Å². The highest BCUT2D eigenvalue weighted by molar-refractivity contribution is 7.10. The Bertz CT molecular complexity index is 873. The zero-order valence-corrected chi connectivity index (χ0v) is 15.6. The van der Waals surface area contributed by atoms with E-state index < -0.39 is 5.60 Å². The summed E-state index contributed by atoms with van der Waals surface area (Å²) in [4.78, 5) is 16.4. The summed E-state index contributed by atoms with van der Waals surface area (Å²) >= 11 is 7.81. The van der Waals surface area contributed by atoms with E-state index in [1.807, 2.05) is 45.2 Å². The van der Waals surface area contributed by atoms with Crippen molar-refractivity contribution in [3.8, 4) is 11.1 Å². The first kappa shape index (κ1) is 17.1. The van der Waals surface area contributed by atoms with Gasteiger partial charge in [-0.1, -0.05) is 11.6 Å². The molecule has 0 amide bonds. The normalized spacial score (nSPS) is 11.8. The molecule has 3 aromatic rings. The Morgan fingerprint density at radius 2 is 2.04 bits per heavy atom. The maximum atomic E-state index is 12.0. The molecule has 24 heavy (non-hydrogen) atoms. The summed E-state index contributed by atoms with van der Waals surface area (Å²) in [5.74, 6) is -0.163. The number of thiophene rings is 1. The van der Waals surface area contributed by atoms with Gasteiger partial charge in [0.05, 0.1) is 6.42 Å². The number of H-pyrrole nitrogens is 1. The number of aromatic amines is 1. The minimum absolute atomic E-state index is 0.163. The van der Waals surface area contributed by atoms with Crippen LogP contribution in [-0.2, 0) is 16.0 Å². The van der Waals surface area contributed by atoms with Crippen molar-refractivity contribution in [2.75, 3.05) is 0 Å². The summed E-state index contributed by atoms with van der Waals surface area (Å²) in [6.45, 7) is 5.66. The highest BCUT2D eigenvalue weighted by atomic mass is 35.5. The van der Waals surface area contributed by atoms with Crippen LogP contribution in [-0.4, -0.2) is 16.6 Å². The average Bonchev–Trinajstić information content (AvgIpc) is 3.08. The monoisotopic (exact) mass is 361 g/mol. The van der Waals surface area contributed by atoms with Gasteiger partial charge >= 0.3 is 5.97 Å². The van der Waals surface area contributed by atoms with E-state index in [4.69, 9.17) is 16.3 Å². The third-order valence-corrected chi connectivity index (χ3v) is 4.87. The molecule has 1 N–H and O–H groups in total. The Morgan fingerprint density at radius 1 is 1.25 bits per heavy atom. The molecule has 0 saturated heterocycles. The number of ether oxygens (including phenoxy) is 1. The van der Waals surface area contributed by atoms with Gasteiger partial charge in [0.25, 0.3) is 0 Å². The summed E-state index contributed by atoms with van der Waals surface area (Å²) in [7, 11) is 0. The van der Waals surface area contributed by atoms with Gasteiger partial charge in [0.2, 0.25) is 0 Å². The van der Waals surface area contributed by atoms with Crippen LogP contribution in [0.15, 0.2) is 35.8 Å². The summed E-state index contributed by atoms with van der Waals surface area (Å²) < 4.78 is 5.39. The number of esters is 1. The van der Waals surface area contributed by atoms with E-state index in [1.165, 1.54) is 4.88 Å². The maximum absolute atomic E-state index is 12.0. The van der Waals surface area contributed by atoms with Crippen LogP contribution in [0.1, 0.15) is 32.1 Å². The van der Waals surface area contributed by atoms with Gasteiger partial charge < -0.3 is 9.72 Å². The van der Waals surface area contributed by atoms with E-state index in [1.54, 1.807) is 11.3 Å². The summed E-state index contributed by atoms with van der Waals surface area (Å²) in [6, 6.07) is 7.92. The molecule has 3 nitrogen and oxygen atoms in total. The van der Waals surface area contributed by atoms with Crippen LogP contribution in [0.2, 0.25) is 5.02 Å². The summed E-state index contributed by atoms with van der Waals surface area (Å²) in [5, 5.41) is 3.87. The van der Waals surface area contributed by atoms with E-state index in [-0.39, 0.29) is 5.97 Å². The van der Waals surface area contributed by atoms with Gasteiger partial charge in [-0.05, 0) is 62.4 Å². The molecule has 0 spiro atoms. The molecular formula is C19H20ClNO2S. The van der Waals surface area contributed by atoms with Gasteiger partial charge in [-0.25, -0.2) is 0 Å². The van der Waals surface area contributed by atoms with Gasteiger partial charge in [0.1, 0.15) is 5.60 Å². The molecule has 0 aliphatic carbocycles. The average molecular weight is 362 g/mol. The van der Waals surface area contributed by atoms with Crippen molar-refractivity contribution in [3.63, 3.8) is 0 Å². The molecule has 0 fully saturated rings. The second kappa shape index (κ2) is 6.61. The van der Waals surface area contributed by atoms with Gasteiger partial charge in [-0.2, -0.15) is 0 Å². The lowest BCUT2D eigenvalue weighted by atomic mass is 10.0. The van der Waals surface area contributed by atoms with Crippen LogP contribution in [0.4, 0.5) is 0 Å². The molecule has 126 valence electrons. The molecule has 2 heterocycles. The van der Waals surface area contributed by atoms with Crippen LogP contribution >= 0.6 is 22.9 Å². The van der Waals surface area contributed by atoms with Crippen molar-refractivity contribution < 1.29 is 9.53 Å². The second-order valence-corrected chi connectivity index (χ2v) is 8.17. The lowest BCUT2D eigenvalue weighted by Crippen LogP contribution is -2.23. The van der Waals surface area contributed by atoms with Crippen molar-refractivity contribution in [2.24, 2.45) is 0 Å². The van der Waals surface area contributed by atoms with E-state index in [0.29, 0.717) is 17.9 Å². The summed E-state index contributed by atoms with van der Waals surface area (Å²) in [5.41, 5.74) is 2.88. The topological polar surface area (TPSA) is 42.1 Å². The zero-order valence-electron chi connectivity index (χ0n) is 14.0. The molecule has 0 aliphatic rings. The number of aryl methyl sites for hydroxylation is 1. The standard InChI is InChI=1S/C19H20ClNO2S/c1-19(2,3)23-18(22)7-6-17-13(8-9-24-17)15-11-21-16-5-4-12(20)10-14(15)16/h4-5,8-11,21H,6-7H2,1-3H3. The van der Waals surface area contributed by atoms with Gasteiger partial charge in [0.15, 0.2) is 0 Å². The number of nitrogens with one attached hydrogen (secondary N) is 1. The number of carbonyl (C=O) groups is 1. The predicted molar refractivity (Wildman–Crippen MR) is 101 cm³/mol. The van der Waals surface area contributed by atoms with E-state index in [9.17, 15) is 4.79 Å². The van der Waals surface area contributed by atoms with Crippen molar-refractivity contribution in [2.45, 2.75) is 39.2 Å². The number of rotatable bonds is 4. The molecule has 5 heteroatoms. The molecule has 0 saturated carbocycles. The first-order chi connectivity index (χ1) is 11.3. The second-order valence-electron chi connectivity index (χ2n) is 6.74. The number of aromatic nitrogens is 1. The lowest BCUT2D eigenvalue weighted by Gasteiger charge is -2.19. The Kier molecular flexibility index (Phi) is 4.70. The van der Waals surface area contributed by atoms with Crippen molar-refractivity contribution in [1.82, 2.24) is 4.98 Å². The molecule has 3 rings (SSSR count). The summed E-state index contributed by atoms with van der Waals surface area (Å²) in [6.07, 6.45) is 3.06. The molecule has 1 aromatic carbocycles. The fraction of sp³-hybridized carbons (Fsp3) is 0.316. The van der Waals surface area contributed by atoms with Crippen molar-refractivity contribution in [3.05, 3.63) is 45.7 Å². The third kappa shape index (κ3) is 3.82. The number of halogens is 1. The minimum atomic E-state index is -0.442. The fourth-order valence-electron chi connectivity index (χ4n) is 2.70. The SMILES string of the molecule is CC(C)(C)OC(=O)CCc1sccc1-c1c[nH]c2ccc(Cl)cc12. The predicted octanol–water partition coefficient (Wildman–Crippen LogP) is 5.82. The van der Waals surface area contributed by atoms with Gasteiger partial charge in [0, 0.05) is 32.6 Å². The van der Waals surface area contributed by atoms with Crippen LogP contribution < -0.4 is 0 Å². The van der Waals surface area contributed by atoms with Crippen molar-refractivity contribution >= 4 is 39.8 Å². The molecule has 0 unspecified atom stereocenters. The van der Waals surface area contributed by atoms with Gasteiger partial charge in [-0.3, -0.25) is 4.79 Å². The van der Waals surface area contributed by atoms with Crippen molar-refractivity contribution in [1.29, 1.82) is 0 Å². The zero-order chi connectivity index (χ0) is 17.3. The van der Waals surface area contributed by atoms with Gasteiger partial charge in [-0.15, -0.1) is 11.3 Å². The first-order valence-electron chi connectivity index (χ1n) is 7.89. The Morgan fingerprint density at radius 3 is 2.79 bits per heavy atom. The van der Waals surface area contributed by atoms with Crippen LogP contribution in [0.25, 0.3) is 22.0 Å². The molecule has 0 bridgehead atoms. The lowest BCUT2D eigenvalue weighted by molar-refractivity contribution is -0.154. The Labute approximate surface area is 150 Å². The minimum Gasteiger partial charge on any atom is -0.460 e. The highest BCUT2D eigenvalue weighted by Crippen LogP contribution is 2.35. The maximum Gasteiger partial charge on any atom is 0.306 e. The molecule has 0 aliphatic heterocycles. The van der Waals surface area contributed by atoms with Crippen LogP contribution in [0.5, 0.6) is 0 Å². The number of hydrogen-bond donors (Lipinski definition) is 1. The molecule has 2 aromatic heterocycles. The quantitative estimate of drug-likeness (QED) is 0.594.